The van der Waals surface area contributed by atoms with Gasteiger partial charge >= 0.3 is 5.97 Å². The van der Waals surface area contributed by atoms with Crippen LogP contribution in [0.4, 0.5) is 0 Å². The molecule has 102 valence electrons. The third-order valence-corrected chi connectivity index (χ3v) is 3.46. The van der Waals surface area contributed by atoms with E-state index in [1.807, 2.05) is 0 Å². The van der Waals surface area contributed by atoms with Crippen molar-refractivity contribution in [2.45, 2.75) is 51.7 Å². The fraction of sp³-hybridized carbons (Fsp3) is 0.750. The molecule has 0 unspecified atom stereocenters. The molecule has 0 aliphatic heterocycles. The summed E-state index contributed by atoms with van der Waals surface area (Å²) in [6.07, 6.45) is 2.97. The largest absolute Gasteiger partial charge is 0.481 e. The predicted octanol–water partition coefficient (Wildman–Crippen LogP) is 2.45. The second-order valence-corrected chi connectivity index (χ2v) is 5.61. The molecule has 1 aromatic rings. The summed E-state index contributed by atoms with van der Waals surface area (Å²) in [7, 11) is 0. The lowest BCUT2D eigenvalue weighted by molar-refractivity contribution is -0.133. The number of carboxylic acids is 1. The first kappa shape index (κ1) is 15.0. The summed E-state index contributed by atoms with van der Waals surface area (Å²) in [5.74, 6) is 0.812. The molecule has 0 fully saturated rings. The van der Waals surface area contributed by atoms with E-state index in [1.165, 1.54) is 11.8 Å². The number of hydrogen-bond donors (Lipinski definition) is 1. The number of aliphatic carboxylic acids is 1. The summed E-state index contributed by atoms with van der Waals surface area (Å²) in [6.45, 7) is 7.31. The summed E-state index contributed by atoms with van der Waals surface area (Å²) < 4.78 is 2.05. The highest BCUT2D eigenvalue weighted by molar-refractivity contribution is 7.99. The number of hydrogen-bond acceptors (Lipinski definition) is 4. The fourth-order valence-electron chi connectivity index (χ4n) is 1.60. The van der Waals surface area contributed by atoms with Crippen LogP contribution in [0.5, 0.6) is 0 Å². The molecule has 0 saturated heterocycles. The third-order valence-electron chi connectivity index (χ3n) is 2.51. The van der Waals surface area contributed by atoms with Crippen LogP contribution < -0.4 is 0 Å². The van der Waals surface area contributed by atoms with Crippen LogP contribution >= 0.6 is 11.8 Å². The molecule has 0 amide bonds. The van der Waals surface area contributed by atoms with E-state index in [1.54, 1.807) is 0 Å². The van der Waals surface area contributed by atoms with Gasteiger partial charge in [0.05, 0.1) is 5.75 Å². The van der Waals surface area contributed by atoms with Crippen molar-refractivity contribution in [3.05, 3.63) is 5.82 Å². The Kier molecular flexibility index (Phi) is 6.18. The first-order valence-electron chi connectivity index (χ1n) is 6.31. The molecule has 0 aliphatic carbocycles. The van der Waals surface area contributed by atoms with Crippen molar-refractivity contribution in [3.63, 3.8) is 0 Å². The Labute approximate surface area is 112 Å². The zero-order valence-electron chi connectivity index (χ0n) is 11.2. The molecule has 0 atom stereocenters. The zero-order valence-corrected chi connectivity index (χ0v) is 12.0. The lowest BCUT2D eigenvalue weighted by atomic mass is 10.1. The standard InChI is InChI=1S/C12H21N3O2S/c1-4-7-15-10(6-5-9(2)3)13-14-12(15)18-8-11(16)17/h9H,4-8H2,1-3H3,(H,16,17). The van der Waals surface area contributed by atoms with Crippen molar-refractivity contribution in [2.75, 3.05) is 5.75 Å². The van der Waals surface area contributed by atoms with Gasteiger partial charge in [-0.2, -0.15) is 0 Å². The summed E-state index contributed by atoms with van der Waals surface area (Å²) >= 11 is 1.24. The second-order valence-electron chi connectivity index (χ2n) is 4.67. The minimum atomic E-state index is -0.824. The predicted molar refractivity (Wildman–Crippen MR) is 71.8 cm³/mol. The van der Waals surface area contributed by atoms with Crippen molar-refractivity contribution in [2.24, 2.45) is 5.92 Å². The molecule has 18 heavy (non-hydrogen) atoms. The Hall–Kier alpha value is -1.04. The van der Waals surface area contributed by atoms with Gasteiger partial charge in [0.25, 0.3) is 0 Å². The van der Waals surface area contributed by atoms with E-state index in [-0.39, 0.29) is 5.75 Å². The minimum Gasteiger partial charge on any atom is -0.481 e. The van der Waals surface area contributed by atoms with Gasteiger partial charge in [-0.3, -0.25) is 4.79 Å². The van der Waals surface area contributed by atoms with Crippen LogP contribution in [-0.4, -0.2) is 31.6 Å². The Morgan fingerprint density at radius 3 is 2.72 bits per heavy atom. The number of aromatic nitrogens is 3. The van der Waals surface area contributed by atoms with E-state index < -0.39 is 5.97 Å². The SMILES string of the molecule is CCCn1c(CCC(C)C)nnc1SCC(=O)O. The maximum Gasteiger partial charge on any atom is 0.313 e. The number of carboxylic acid groups (broad SMARTS) is 1. The van der Waals surface area contributed by atoms with Crippen LogP contribution in [0.25, 0.3) is 0 Å². The molecule has 6 heteroatoms. The lowest BCUT2D eigenvalue weighted by Crippen LogP contribution is -2.07. The Bertz CT molecular complexity index is 391. The Morgan fingerprint density at radius 2 is 2.17 bits per heavy atom. The highest BCUT2D eigenvalue weighted by atomic mass is 32.2. The van der Waals surface area contributed by atoms with E-state index in [0.29, 0.717) is 5.92 Å². The van der Waals surface area contributed by atoms with Crippen LogP contribution in [0.3, 0.4) is 0 Å². The topological polar surface area (TPSA) is 68.0 Å². The van der Waals surface area contributed by atoms with Crippen molar-refractivity contribution in [3.8, 4) is 0 Å². The highest BCUT2D eigenvalue weighted by Gasteiger charge is 2.13. The van der Waals surface area contributed by atoms with Gasteiger partial charge < -0.3 is 9.67 Å². The average molecular weight is 271 g/mol. The first-order valence-corrected chi connectivity index (χ1v) is 7.29. The van der Waals surface area contributed by atoms with Gasteiger partial charge in [0.15, 0.2) is 5.16 Å². The van der Waals surface area contributed by atoms with Crippen LogP contribution in [-0.2, 0) is 17.8 Å². The van der Waals surface area contributed by atoms with Crippen LogP contribution in [0.2, 0.25) is 0 Å². The molecule has 1 rings (SSSR count). The molecule has 0 radical (unpaired) electrons. The number of carbonyl (C=O) groups is 1. The van der Waals surface area contributed by atoms with E-state index >= 15 is 0 Å². The van der Waals surface area contributed by atoms with E-state index in [0.717, 1.165) is 36.8 Å². The molecule has 1 aromatic heterocycles. The average Bonchev–Trinajstić information content (AvgIpc) is 2.67. The van der Waals surface area contributed by atoms with Gasteiger partial charge in [0.2, 0.25) is 0 Å². The highest BCUT2D eigenvalue weighted by Crippen LogP contribution is 2.19. The van der Waals surface area contributed by atoms with Gasteiger partial charge in [0, 0.05) is 13.0 Å². The second kappa shape index (κ2) is 7.41. The van der Waals surface area contributed by atoms with Crippen LogP contribution in [0.15, 0.2) is 5.16 Å². The van der Waals surface area contributed by atoms with Gasteiger partial charge in [-0.1, -0.05) is 32.5 Å². The molecule has 1 N–H and O–H groups in total. The molecule has 0 aromatic carbocycles. The smallest absolute Gasteiger partial charge is 0.313 e. The quantitative estimate of drug-likeness (QED) is 0.736. The summed E-state index contributed by atoms with van der Waals surface area (Å²) in [5, 5.41) is 17.7. The van der Waals surface area contributed by atoms with Crippen LogP contribution in [0.1, 0.15) is 39.4 Å². The fourth-order valence-corrected chi connectivity index (χ4v) is 2.31. The van der Waals surface area contributed by atoms with Crippen LogP contribution in [0, 0.1) is 5.92 Å². The molecule has 0 bridgehead atoms. The van der Waals surface area contributed by atoms with Crippen molar-refractivity contribution >= 4 is 17.7 Å². The monoisotopic (exact) mass is 271 g/mol. The van der Waals surface area contributed by atoms with E-state index in [9.17, 15) is 4.79 Å². The molecule has 0 aliphatic rings. The number of rotatable bonds is 8. The van der Waals surface area contributed by atoms with Gasteiger partial charge in [0.1, 0.15) is 5.82 Å². The van der Waals surface area contributed by atoms with Gasteiger partial charge in [-0.15, -0.1) is 10.2 Å². The normalized spacial score (nSPS) is 11.1. The third kappa shape index (κ3) is 4.68. The zero-order chi connectivity index (χ0) is 13.5. The summed E-state index contributed by atoms with van der Waals surface area (Å²) in [4.78, 5) is 10.6. The molecular formula is C12H21N3O2S. The molecule has 0 spiro atoms. The summed E-state index contributed by atoms with van der Waals surface area (Å²) in [5.41, 5.74) is 0. The maximum atomic E-state index is 10.6. The van der Waals surface area contributed by atoms with Gasteiger partial charge in [-0.25, -0.2) is 0 Å². The molecule has 5 nitrogen and oxygen atoms in total. The number of thioether (sulfide) groups is 1. The maximum absolute atomic E-state index is 10.6. The minimum absolute atomic E-state index is 0.0338. The van der Waals surface area contributed by atoms with Crippen molar-refractivity contribution in [1.29, 1.82) is 0 Å². The van der Waals surface area contributed by atoms with E-state index in [4.69, 9.17) is 5.11 Å². The Morgan fingerprint density at radius 1 is 1.44 bits per heavy atom. The van der Waals surface area contributed by atoms with Crippen molar-refractivity contribution in [1.82, 2.24) is 14.8 Å². The van der Waals surface area contributed by atoms with Gasteiger partial charge in [-0.05, 0) is 18.8 Å². The molecule has 1 heterocycles. The lowest BCUT2D eigenvalue weighted by Gasteiger charge is -2.09. The molecule has 0 saturated carbocycles. The Balaban J connectivity index is 2.74. The number of aryl methyl sites for hydroxylation is 1. The van der Waals surface area contributed by atoms with E-state index in [2.05, 4.69) is 35.5 Å². The first-order chi connectivity index (χ1) is 8.54. The number of nitrogens with zero attached hydrogens (tertiary/aromatic N) is 3. The summed E-state index contributed by atoms with van der Waals surface area (Å²) in [6, 6.07) is 0. The molecular weight excluding hydrogens is 250 g/mol. The van der Waals surface area contributed by atoms with Crippen molar-refractivity contribution < 1.29 is 9.90 Å².